The monoisotopic (exact) mass is 532 g/mol. The van der Waals surface area contributed by atoms with Crippen LogP contribution in [0.25, 0.3) is 0 Å². The van der Waals surface area contributed by atoms with Crippen LogP contribution >= 0.6 is 15.9 Å². The molecule has 1 saturated carbocycles. The fraction of sp³-hybridized carbons (Fsp3) is 0.333. The molecular weight excluding hydrogens is 500 g/mol. The van der Waals surface area contributed by atoms with Gasteiger partial charge in [-0.3, -0.25) is 9.59 Å². The number of benzene rings is 3. The molecule has 0 spiro atoms. The lowest BCUT2D eigenvalue weighted by atomic mass is 10.0. The summed E-state index contributed by atoms with van der Waals surface area (Å²) in [6.07, 6.45) is 5.04. The zero-order valence-corrected chi connectivity index (χ0v) is 21.8. The molecule has 1 atom stereocenters. The largest absolute Gasteiger partial charge is 0.352 e. The van der Waals surface area contributed by atoms with Gasteiger partial charge in [-0.25, -0.2) is 0 Å². The quantitative estimate of drug-likeness (QED) is 0.367. The first kappa shape index (κ1) is 25.2. The number of rotatable bonds is 9. The van der Waals surface area contributed by atoms with E-state index >= 15 is 0 Å². The van der Waals surface area contributed by atoms with Crippen LogP contribution in [0.2, 0.25) is 0 Å². The van der Waals surface area contributed by atoms with Gasteiger partial charge in [-0.1, -0.05) is 101 Å². The van der Waals surface area contributed by atoms with E-state index in [0.717, 1.165) is 52.4 Å². The maximum Gasteiger partial charge on any atom is 0.243 e. The van der Waals surface area contributed by atoms with Crippen molar-refractivity contribution in [2.45, 2.75) is 64.1 Å². The Labute approximate surface area is 216 Å². The van der Waals surface area contributed by atoms with Crippen molar-refractivity contribution in [3.8, 4) is 0 Å². The van der Waals surface area contributed by atoms with Gasteiger partial charge in [-0.15, -0.1) is 0 Å². The van der Waals surface area contributed by atoms with Crippen LogP contribution in [0.4, 0.5) is 0 Å². The Balaban J connectivity index is 1.64. The molecule has 1 aliphatic carbocycles. The summed E-state index contributed by atoms with van der Waals surface area (Å²) in [6, 6.07) is 25.6. The van der Waals surface area contributed by atoms with E-state index in [-0.39, 0.29) is 24.3 Å². The highest BCUT2D eigenvalue weighted by Gasteiger charge is 2.32. The molecule has 1 N–H and O–H groups in total. The van der Waals surface area contributed by atoms with Crippen molar-refractivity contribution in [2.75, 3.05) is 0 Å². The van der Waals surface area contributed by atoms with Gasteiger partial charge >= 0.3 is 0 Å². The second-order valence-corrected chi connectivity index (χ2v) is 10.4. The molecule has 3 aromatic rings. The molecule has 5 heteroatoms. The van der Waals surface area contributed by atoms with Crippen LogP contribution in [0.3, 0.4) is 0 Å². The van der Waals surface area contributed by atoms with E-state index in [9.17, 15) is 9.59 Å². The number of halogens is 1. The van der Waals surface area contributed by atoms with Gasteiger partial charge in [0, 0.05) is 23.5 Å². The van der Waals surface area contributed by atoms with E-state index in [1.807, 2.05) is 85.8 Å². The highest BCUT2D eigenvalue weighted by atomic mass is 79.9. The molecule has 0 unspecified atom stereocenters. The highest BCUT2D eigenvalue weighted by Crippen LogP contribution is 2.21. The minimum atomic E-state index is -0.584. The summed E-state index contributed by atoms with van der Waals surface area (Å²) in [7, 11) is 0. The number of nitrogens with one attached hydrogen (secondary N) is 1. The summed E-state index contributed by atoms with van der Waals surface area (Å²) in [6.45, 7) is 2.42. The molecule has 1 fully saturated rings. The maximum atomic E-state index is 13.8. The first-order chi connectivity index (χ1) is 17.0. The Bertz CT molecular complexity index is 1110. The van der Waals surface area contributed by atoms with E-state index in [0.29, 0.717) is 13.0 Å². The highest BCUT2D eigenvalue weighted by molar-refractivity contribution is 9.10. The van der Waals surface area contributed by atoms with Crippen molar-refractivity contribution in [2.24, 2.45) is 0 Å². The van der Waals surface area contributed by atoms with Gasteiger partial charge in [0.15, 0.2) is 0 Å². The van der Waals surface area contributed by atoms with Crippen LogP contribution in [0.1, 0.15) is 47.9 Å². The van der Waals surface area contributed by atoms with Crippen LogP contribution in [-0.2, 0) is 29.0 Å². The third-order valence-corrected chi connectivity index (χ3v) is 7.24. The zero-order chi connectivity index (χ0) is 24.6. The molecule has 0 aromatic heterocycles. The van der Waals surface area contributed by atoms with Gasteiger partial charge in [-0.2, -0.15) is 0 Å². The smallest absolute Gasteiger partial charge is 0.243 e. The Morgan fingerprint density at radius 1 is 0.886 bits per heavy atom. The number of carbonyl (C=O) groups is 2. The topological polar surface area (TPSA) is 49.4 Å². The van der Waals surface area contributed by atoms with Crippen LogP contribution in [0, 0.1) is 6.92 Å². The van der Waals surface area contributed by atoms with Gasteiger partial charge in [0.25, 0.3) is 0 Å². The molecule has 4 nitrogen and oxygen atoms in total. The van der Waals surface area contributed by atoms with Gasteiger partial charge in [0.2, 0.25) is 11.8 Å². The summed E-state index contributed by atoms with van der Waals surface area (Å²) < 4.78 is 0.985. The molecule has 0 aliphatic heterocycles. The Morgan fingerprint density at radius 3 is 2.17 bits per heavy atom. The molecular formula is C30H33BrN2O2. The zero-order valence-electron chi connectivity index (χ0n) is 20.3. The Hall–Kier alpha value is -2.92. The third kappa shape index (κ3) is 7.28. The lowest BCUT2D eigenvalue weighted by Crippen LogP contribution is -2.52. The summed E-state index contributed by atoms with van der Waals surface area (Å²) in [5.74, 6) is -0.102. The first-order valence-corrected chi connectivity index (χ1v) is 13.2. The second kappa shape index (κ2) is 12.2. The SMILES string of the molecule is Cc1ccc(CC(=O)N(Cc2ccc(Br)cc2)[C@H](Cc2ccccc2)C(=O)NC2CCCC2)cc1. The van der Waals surface area contributed by atoms with Crippen LogP contribution in [-0.4, -0.2) is 28.8 Å². The summed E-state index contributed by atoms with van der Waals surface area (Å²) >= 11 is 3.49. The van der Waals surface area contributed by atoms with Crippen molar-refractivity contribution >= 4 is 27.7 Å². The number of aryl methyl sites for hydroxylation is 1. The predicted molar refractivity (Wildman–Crippen MR) is 144 cm³/mol. The van der Waals surface area contributed by atoms with Gasteiger partial charge < -0.3 is 10.2 Å². The second-order valence-electron chi connectivity index (χ2n) is 9.51. The third-order valence-electron chi connectivity index (χ3n) is 6.71. The standard InChI is InChI=1S/C30H33BrN2O2/c1-22-11-13-24(14-12-22)20-29(34)33(21-25-15-17-26(31)18-16-25)28(19-23-7-3-2-4-8-23)30(35)32-27-9-5-6-10-27/h2-4,7-8,11-18,27-28H,5-6,9-10,19-21H2,1H3,(H,32,35)/t28-/m1/s1. The molecule has 35 heavy (non-hydrogen) atoms. The molecule has 1 aliphatic rings. The summed E-state index contributed by atoms with van der Waals surface area (Å²) in [5.41, 5.74) is 4.15. The summed E-state index contributed by atoms with van der Waals surface area (Å²) in [5, 5.41) is 3.26. The average molecular weight is 534 g/mol. The van der Waals surface area contributed by atoms with Gasteiger partial charge in [0.1, 0.15) is 6.04 Å². The lowest BCUT2D eigenvalue weighted by Gasteiger charge is -2.32. The Morgan fingerprint density at radius 2 is 1.51 bits per heavy atom. The minimum Gasteiger partial charge on any atom is -0.352 e. The van der Waals surface area contributed by atoms with Crippen molar-refractivity contribution in [1.29, 1.82) is 0 Å². The van der Waals surface area contributed by atoms with Crippen LogP contribution in [0.15, 0.2) is 83.3 Å². The number of hydrogen-bond acceptors (Lipinski definition) is 2. The first-order valence-electron chi connectivity index (χ1n) is 12.4. The number of hydrogen-bond donors (Lipinski definition) is 1. The molecule has 4 rings (SSSR count). The Kier molecular flexibility index (Phi) is 8.75. The molecule has 0 bridgehead atoms. The van der Waals surface area contributed by atoms with E-state index in [1.54, 1.807) is 4.90 Å². The van der Waals surface area contributed by atoms with Crippen molar-refractivity contribution in [3.63, 3.8) is 0 Å². The number of carbonyl (C=O) groups excluding carboxylic acids is 2. The molecule has 182 valence electrons. The number of amides is 2. The van der Waals surface area contributed by atoms with Gasteiger partial charge in [-0.05, 0) is 48.6 Å². The van der Waals surface area contributed by atoms with Crippen molar-refractivity contribution in [1.82, 2.24) is 10.2 Å². The number of nitrogens with zero attached hydrogens (tertiary/aromatic N) is 1. The van der Waals surface area contributed by atoms with Crippen LogP contribution in [0.5, 0.6) is 0 Å². The van der Waals surface area contributed by atoms with E-state index in [4.69, 9.17) is 0 Å². The van der Waals surface area contributed by atoms with E-state index in [2.05, 4.69) is 21.2 Å². The van der Waals surface area contributed by atoms with Crippen LogP contribution < -0.4 is 5.32 Å². The molecule has 0 saturated heterocycles. The van der Waals surface area contributed by atoms with E-state index in [1.165, 1.54) is 0 Å². The van der Waals surface area contributed by atoms with Crippen molar-refractivity contribution in [3.05, 3.63) is 106 Å². The maximum absolute atomic E-state index is 13.8. The average Bonchev–Trinajstić information content (AvgIpc) is 3.37. The lowest BCUT2D eigenvalue weighted by molar-refractivity contribution is -0.141. The van der Waals surface area contributed by atoms with E-state index < -0.39 is 6.04 Å². The fourth-order valence-corrected chi connectivity index (χ4v) is 4.95. The molecule has 0 radical (unpaired) electrons. The summed E-state index contributed by atoms with van der Waals surface area (Å²) in [4.78, 5) is 29.2. The minimum absolute atomic E-state index is 0.0423. The molecule has 0 heterocycles. The van der Waals surface area contributed by atoms with Gasteiger partial charge in [0.05, 0.1) is 6.42 Å². The predicted octanol–water partition coefficient (Wildman–Crippen LogP) is 6.00. The molecule has 2 amide bonds. The fourth-order valence-electron chi connectivity index (χ4n) is 4.69. The molecule has 3 aromatic carbocycles. The normalized spacial score (nSPS) is 14.5. The van der Waals surface area contributed by atoms with Crippen molar-refractivity contribution < 1.29 is 9.59 Å².